The van der Waals surface area contributed by atoms with E-state index in [-0.39, 0.29) is 19.8 Å². The van der Waals surface area contributed by atoms with Gasteiger partial charge in [0.15, 0.2) is 0 Å². The summed E-state index contributed by atoms with van der Waals surface area (Å²) < 4.78 is 98.5. The second kappa shape index (κ2) is 45.8. The maximum absolute atomic E-state index is 10.3. The molecule has 0 aromatic carbocycles. The minimum atomic E-state index is -4.42. The summed E-state index contributed by atoms with van der Waals surface area (Å²) in [5.41, 5.74) is 0. The molecule has 0 saturated heterocycles. The van der Waals surface area contributed by atoms with Crippen LogP contribution >= 0.6 is 0 Å². The monoisotopic (exact) mass is 794 g/mol. The van der Waals surface area contributed by atoms with Crippen molar-refractivity contribution in [1.29, 1.82) is 0 Å². The minimum absolute atomic E-state index is 0.0314. The second-order valence-corrected chi connectivity index (χ2v) is 12.9. The van der Waals surface area contributed by atoms with Gasteiger partial charge in [-0.05, 0) is 6.42 Å². The van der Waals surface area contributed by atoms with Crippen molar-refractivity contribution in [3.8, 4) is 0 Å². The molecule has 0 atom stereocenters. The Morgan fingerprint density at radius 1 is 0.283 bits per heavy atom. The molecule has 0 bridgehead atoms. The van der Waals surface area contributed by atoms with Gasteiger partial charge in [-0.2, -0.15) is 8.42 Å². The van der Waals surface area contributed by atoms with Gasteiger partial charge in [-0.25, -0.2) is 4.18 Å². The molecule has 53 heavy (non-hydrogen) atoms. The first-order valence-corrected chi connectivity index (χ1v) is 21.0. The van der Waals surface area contributed by atoms with E-state index in [4.69, 9.17) is 61.4 Å². The van der Waals surface area contributed by atoms with Crippen LogP contribution in [0.25, 0.3) is 0 Å². The summed E-state index contributed by atoms with van der Waals surface area (Å²) >= 11 is 0. The molecule has 0 saturated carbocycles. The van der Waals surface area contributed by atoms with E-state index in [9.17, 15) is 8.42 Å². The Morgan fingerprint density at radius 3 is 0.698 bits per heavy atom. The van der Waals surface area contributed by atoms with Crippen LogP contribution in [0.2, 0.25) is 0 Å². The molecule has 16 nitrogen and oxygen atoms in total. The quantitative estimate of drug-likeness (QED) is 0.0693. The van der Waals surface area contributed by atoms with Crippen LogP contribution in [0.1, 0.15) is 71.1 Å². The molecule has 1 N–H and O–H groups in total. The molecular formula is C36H74O16S. The predicted octanol–water partition coefficient (Wildman–Crippen LogP) is 3.93. The molecule has 320 valence electrons. The number of hydrogen-bond donors (Lipinski definition) is 1. The van der Waals surface area contributed by atoms with Gasteiger partial charge in [0.25, 0.3) is 0 Å². The highest BCUT2D eigenvalue weighted by Gasteiger charge is 2.03. The van der Waals surface area contributed by atoms with Gasteiger partial charge in [0.05, 0.1) is 159 Å². The zero-order chi connectivity index (χ0) is 38.4. The standard InChI is InChI=1S/C36H74O16S/c1-2-3-4-5-6-7-8-9-10-11-12-40-13-14-41-15-16-42-17-18-43-19-20-44-21-22-45-23-24-46-25-26-47-27-28-48-29-30-49-31-32-50-33-34-51-35-36-52-53(37,38)39/h2-36H2,1H3,(H,37,38,39). The molecule has 0 fully saturated rings. The average Bonchev–Trinajstić information content (AvgIpc) is 3.14. The van der Waals surface area contributed by atoms with Crippen molar-refractivity contribution in [2.75, 3.05) is 165 Å². The molecule has 0 aliphatic heterocycles. The Hall–Kier alpha value is -0.610. The van der Waals surface area contributed by atoms with Crippen LogP contribution in [0, 0.1) is 0 Å². The Balaban J connectivity index is 3.06. The molecule has 0 unspecified atom stereocenters. The van der Waals surface area contributed by atoms with Crippen molar-refractivity contribution in [2.24, 2.45) is 0 Å². The van der Waals surface area contributed by atoms with Crippen molar-refractivity contribution in [2.45, 2.75) is 71.1 Å². The number of hydrogen-bond acceptors (Lipinski definition) is 15. The Kier molecular flexibility index (Phi) is 45.3. The molecule has 0 rings (SSSR count). The van der Waals surface area contributed by atoms with Gasteiger partial charge in [-0.3, -0.25) is 4.55 Å². The van der Waals surface area contributed by atoms with Gasteiger partial charge in [-0.15, -0.1) is 0 Å². The van der Waals surface area contributed by atoms with Gasteiger partial charge >= 0.3 is 10.4 Å². The first-order chi connectivity index (χ1) is 26.1. The highest BCUT2D eigenvalue weighted by Crippen LogP contribution is 2.10. The lowest BCUT2D eigenvalue weighted by atomic mass is 10.1. The van der Waals surface area contributed by atoms with Crippen molar-refractivity contribution in [1.82, 2.24) is 0 Å². The van der Waals surface area contributed by atoms with Crippen LogP contribution in [0.4, 0.5) is 0 Å². The first-order valence-electron chi connectivity index (χ1n) is 19.6. The molecule has 0 amide bonds. The highest BCUT2D eigenvalue weighted by molar-refractivity contribution is 7.80. The van der Waals surface area contributed by atoms with Crippen LogP contribution in [0.3, 0.4) is 0 Å². The van der Waals surface area contributed by atoms with Crippen molar-refractivity contribution >= 4 is 10.4 Å². The molecule has 0 aliphatic rings. The summed E-state index contributed by atoms with van der Waals surface area (Å²) in [5, 5.41) is 0. The summed E-state index contributed by atoms with van der Waals surface area (Å²) in [6.07, 6.45) is 13.3. The largest absolute Gasteiger partial charge is 0.397 e. The molecule has 0 aromatic rings. The van der Waals surface area contributed by atoms with Crippen molar-refractivity contribution in [3.63, 3.8) is 0 Å². The topological polar surface area (TPSA) is 174 Å². The van der Waals surface area contributed by atoms with Gasteiger partial charge in [0.2, 0.25) is 0 Å². The molecule has 0 spiro atoms. The Labute approximate surface area is 320 Å². The lowest BCUT2D eigenvalue weighted by Crippen LogP contribution is -2.15. The summed E-state index contributed by atoms with van der Waals surface area (Å²) in [5.74, 6) is 0. The lowest BCUT2D eigenvalue weighted by molar-refractivity contribution is -0.0285. The predicted molar refractivity (Wildman–Crippen MR) is 199 cm³/mol. The number of ether oxygens (including phenoxy) is 12. The lowest BCUT2D eigenvalue weighted by Gasteiger charge is -2.09. The fourth-order valence-electron chi connectivity index (χ4n) is 4.41. The van der Waals surface area contributed by atoms with Crippen molar-refractivity contribution < 1.29 is 74.0 Å². The van der Waals surface area contributed by atoms with Crippen LogP contribution in [0.15, 0.2) is 0 Å². The zero-order valence-corrected chi connectivity index (χ0v) is 33.5. The fourth-order valence-corrected chi connectivity index (χ4v) is 4.69. The Bertz CT molecular complexity index is 781. The summed E-state index contributed by atoms with van der Waals surface area (Å²) in [4.78, 5) is 0. The van der Waals surface area contributed by atoms with E-state index >= 15 is 0 Å². The maximum Gasteiger partial charge on any atom is 0.397 e. The third kappa shape index (κ3) is 51.4. The molecule has 0 heterocycles. The van der Waals surface area contributed by atoms with Gasteiger partial charge in [0.1, 0.15) is 0 Å². The van der Waals surface area contributed by atoms with E-state index < -0.39 is 10.4 Å². The first kappa shape index (κ1) is 52.4. The van der Waals surface area contributed by atoms with E-state index in [2.05, 4.69) is 11.1 Å². The SMILES string of the molecule is CCCCCCCCCCCCOCCOCCOCCOCCOCCOCCOCCOCCOCCOCCOCCOCCOS(=O)(=O)O. The smallest absolute Gasteiger partial charge is 0.379 e. The molecule has 17 heteroatoms. The van der Waals surface area contributed by atoms with Crippen molar-refractivity contribution in [3.05, 3.63) is 0 Å². The zero-order valence-electron chi connectivity index (χ0n) is 32.7. The van der Waals surface area contributed by atoms with Crippen LogP contribution in [-0.2, 0) is 71.4 Å². The van der Waals surface area contributed by atoms with E-state index in [0.29, 0.717) is 139 Å². The fraction of sp³-hybridized carbons (Fsp3) is 1.00. The van der Waals surface area contributed by atoms with Crippen LogP contribution in [-0.4, -0.2) is 178 Å². The molecule has 0 aromatic heterocycles. The molecule has 0 radical (unpaired) electrons. The third-order valence-electron chi connectivity index (χ3n) is 7.19. The second-order valence-electron chi connectivity index (χ2n) is 11.8. The minimum Gasteiger partial charge on any atom is -0.379 e. The average molecular weight is 795 g/mol. The van der Waals surface area contributed by atoms with E-state index in [1.54, 1.807) is 0 Å². The van der Waals surface area contributed by atoms with Gasteiger partial charge in [0, 0.05) is 6.61 Å². The van der Waals surface area contributed by atoms with E-state index in [1.165, 1.54) is 57.8 Å². The highest BCUT2D eigenvalue weighted by atomic mass is 32.3. The summed E-state index contributed by atoms with van der Waals surface area (Å²) in [6.45, 7) is 13.5. The van der Waals surface area contributed by atoms with Gasteiger partial charge in [-0.1, -0.05) is 64.7 Å². The number of unbranched alkanes of at least 4 members (excludes halogenated alkanes) is 9. The number of rotatable bonds is 48. The molecular weight excluding hydrogens is 720 g/mol. The van der Waals surface area contributed by atoms with E-state index in [0.717, 1.165) is 13.0 Å². The van der Waals surface area contributed by atoms with Crippen LogP contribution in [0.5, 0.6) is 0 Å². The normalized spacial score (nSPS) is 12.0. The van der Waals surface area contributed by atoms with Gasteiger partial charge < -0.3 is 56.8 Å². The summed E-state index contributed by atoms with van der Waals surface area (Å²) in [6, 6.07) is 0. The Morgan fingerprint density at radius 2 is 0.472 bits per heavy atom. The third-order valence-corrected chi connectivity index (χ3v) is 7.66. The summed E-state index contributed by atoms with van der Waals surface area (Å²) in [7, 11) is -4.42. The van der Waals surface area contributed by atoms with Crippen LogP contribution < -0.4 is 0 Å². The molecule has 0 aliphatic carbocycles. The van der Waals surface area contributed by atoms with E-state index in [1.807, 2.05) is 0 Å². The maximum atomic E-state index is 10.3.